The van der Waals surface area contributed by atoms with Gasteiger partial charge in [0.15, 0.2) is 0 Å². The van der Waals surface area contributed by atoms with Gasteiger partial charge in [-0.05, 0) is 0 Å². The summed E-state index contributed by atoms with van der Waals surface area (Å²) in [5, 5.41) is 2.76. The highest BCUT2D eigenvalue weighted by Crippen LogP contribution is 2.13. The van der Waals surface area contributed by atoms with Gasteiger partial charge in [-0.2, -0.15) is 0 Å². The molecule has 0 unspecified atom stereocenters. The van der Waals surface area contributed by atoms with Gasteiger partial charge in [0.05, 0.1) is 37.8 Å². The minimum Gasteiger partial charge on any atom is -0.384 e. The number of ether oxygens (including phenoxy) is 2. The summed E-state index contributed by atoms with van der Waals surface area (Å²) >= 11 is 1.48. The zero-order chi connectivity index (χ0) is 15.1. The van der Waals surface area contributed by atoms with Crippen LogP contribution >= 0.6 is 11.3 Å². The summed E-state index contributed by atoms with van der Waals surface area (Å²) in [7, 11) is -1.81. The Morgan fingerprint density at radius 2 is 2.24 bits per heavy atom. The molecule has 1 aliphatic heterocycles. The van der Waals surface area contributed by atoms with Gasteiger partial charge in [-0.3, -0.25) is 4.90 Å². The number of aromatic nitrogens is 1. The van der Waals surface area contributed by atoms with E-state index in [1.807, 2.05) is 5.38 Å². The monoisotopic (exact) mass is 335 g/mol. The Hall–Kier alpha value is -0.580. The smallest absolute Gasteiger partial charge is 0.214 e. The molecule has 7 nitrogen and oxygen atoms in total. The molecule has 0 aliphatic carbocycles. The first kappa shape index (κ1) is 16.8. The molecule has 0 atom stereocenters. The molecule has 0 saturated carbocycles. The van der Waals surface area contributed by atoms with Crippen molar-refractivity contribution in [2.75, 3.05) is 45.8 Å². The minimum atomic E-state index is -3.30. The molecular formula is C12H21N3O4S2. The number of rotatable bonds is 8. The SMILES string of the molecule is COCCS(=O)(=O)NCc1nc(CN2CCOCC2)cs1. The molecule has 0 aromatic carbocycles. The molecule has 9 heteroatoms. The van der Waals surface area contributed by atoms with Crippen molar-refractivity contribution in [2.45, 2.75) is 13.1 Å². The molecule has 0 radical (unpaired) electrons. The van der Waals surface area contributed by atoms with Gasteiger partial charge in [-0.25, -0.2) is 18.1 Å². The molecule has 120 valence electrons. The van der Waals surface area contributed by atoms with E-state index < -0.39 is 10.0 Å². The largest absolute Gasteiger partial charge is 0.384 e. The van der Waals surface area contributed by atoms with Crippen LogP contribution in [0.15, 0.2) is 5.38 Å². The third kappa shape index (κ3) is 5.97. The molecular weight excluding hydrogens is 314 g/mol. The van der Waals surface area contributed by atoms with Gasteiger partial charge in [0.25, 0.3) is 0 Å². The molecule has 1 fully saturated rings. The second-order valence-corrected chi connectivity index (χ2v) is 7.62. The molecule has 1 aromatic heterocycles. The lowest BCUT2D eigenvalue weighted by atomic mass is 10.3. The van der Waals surface area contributed by atoms with Crippen LogP contribution in [0, 0.1) is 0 Å². The normalized spacial score (nSPS) is 17.2. The molecule has 1 aliphatic rings. The van der Waals surface area contributed by atoms with Gasteiger partial charge in [0.1, 0.15) is 5.01 Å². The number of methoxy groups -OCH3 is 1. The average molecular weight is 335 g/mol. The summed E-state index contributed by atoms with van der Waals surface area (Å²) in [6.07, 6.45) is 0. The van der Waals surface area contributed by atoms with Crippen LogP contribution in [0.1, 0.15) is 10.7 Å². The number of morpholine rings is 1. The van der Waals surface area contributed by atoms with Crippen molar-refractivity contribution in [2.24, 2.45) is 0 Å². The van der Waals surface area contributed by atoms with E-state index in [9.17, 15) is 8.42 Å². The lowest BCUT2D eigenvalue weighted by Crippen LogP contribution is -2.35. The fourth-order valence-corrected chi connectivity index (χ4v) is 3.63. The fourth-order valence-electron chi connectivity index (χ4n) is 1.93. The maximum Gasteiger partial charge on any atom is 0.214 e. The van der Waals surface area contributed by atoms with Gasteiger partial charge in [-0.1, -0.05) is 0 Å². The second-order valence-electron chi connectivity index (χ2n) is 4.75. The maximum atomic E-state index is 11.7. The van der Waals surface area contributed by atoms with E-state index in [2.05, 4.69) is 14.6 Å². The third-order valence-corrected chi connectivity index (χ3v) is 5.27. The molecule has 1 aromatic rings. The zero-order valence-electron chi connectivity index (χ0n) is 12.1. The van der Waals surface area contributed by atoms with Crippen molar-refractivity contribution in [3.05, 3.63) is 16.1 Å². The Balaban J connectivity index is 1.79. The molecule has 2 rings (SSSR count). The van der Waals surface area contributed by atoms with Crippen LogP contribution in [-0.4, -0.2) is 64.1 Å². The van der Waals surface area contributed by atoms with E-state index in [4.69, 9.17) is 9.47 Å². The first-order valence-electron chi connectivity index (χ1n) is 6.79. The van der Waals surface area contributed by atoms with Crippen LogP contribution in [0.25, 0.3) is 0 Å². The Morgan fingerprint density at radius 1 is 1.48 bits per heavy atom. The molecule has 1 saturated heterocycles. The Bertz CT molecular complexity index is 526. The van der Waals surface area contributed by atoms with Crippen LogP contribution in [0.5, 0.6) is 0 Å². The molecule has 0 spiro atoms. The number of hydrogen-bond donors (Lipinski definition) is 1. The summed E-state index contributed by atoms with van der Waals surface area (Å²) in [6.45, 7) is 4.56. The van der Waals surface area contributed by atoms with Crippen LogP contribution in [0.3, 0.4) is 0 Å². The van der Waals surface area contributed by atoms with Crippen molar-refractivity contribution in [3.63, 3.8) is 0 Å². The predicted molar refractivity (Wildman–Crippen MR) is 80.7 cm³/mol. The number of nitrogens with zero attached hydrogens (tertiary/aromatic N) is 2. The molecule has 2 heterocycles. The zero-order valence-corrected chi connectivity index (χ0v) is 13.7. The minimum absolute atomic E-state index is 0.0322. The van der Waals surface area contributed by atoms with Crippen molar-refractivity contribution in [1.29, 1.82) is 0 Å². The van der Waals surface area contributed by atoms with E-state index in [0.717, 1.165) is 43.5 Å². The van der Waals surface area contributed by atoms with Crippen LogP contribution < -0.4 is 4.72 Å². The fraction of sp³-hybridized carbons (Fsp3) is 0.750. The second kappa shape index (κ2) is 8.16. The number of sulfonamides is 1. The van der Waals surface area contributed by atoms with Gasteiger partial charge < -0.3 is 9.47 Å². The van der Waals surface area contributed by atoms with Crippen molar-refractivity contribution >= 4 is 21.4 Å². The summed E-state index contributed by atoms with van der Waals surface area (Å²) < 4.78 is 35.9. The molecule has 0 amide bonds. The topological polar surface area (TPSA) is 80.8 Å². The third-order valence-electron chi connectivity index (χ3n) is 3.09. The van der Waals surface area contributed by atoms with Crippen LogP contribution in [0.4, 0.5) is 0 Å². The Labute approximate surface area is 129 Å². The molecule has 0 bridgehead atoms. The van der Waals surface area contributed by atoms with E-state index in [0.29, 0.717) is 0 Å². The lowest BCUT2D eigenvalue weighted by Gasteiger charge is -2.25. The molecule has 21 heavy (non-hydrogen) atoms. The Morgan fingerprint density at radius 3 is 2.95 bits per heavy atom. The number of nitrogens with one attached hydrogen (secondary N) is 1. The molecule has 1 N–H and O–H groups in total. The summed E-state index contributed by atoms with van der Waals surface area (Å²) in [4.78, 5) is 6.75. The highest BCUT2D eigenvalue weighted by atomic mass is 32.2. The summed E-state index contributed by atoms with van der Waals surface area (Å²) in [5.41, 5.74) is 0.980. The van der Waals surface area contributed by atoms with Gasteiger partial charge >= 0.3 is 0 Å². The number of thiazole rings is 1. The standard InChI is InChI=1S/C12H21N3O4S2/c1-18-6-7-21(16,17)13-8-12-14-11(10-20-12)9-15-2-4-19-5-3-15/h10,13H,2-9H2,1H3. The quantitative estimate of drug-likeness (QED) is 0.722. The number of hydrogen-bond acceptors (Lipinski definition) is 7. The van der Waals surface area contributed by atoms with Crippen molar-refractivity contribution < 1.29 is 17.9 Å². The van der Waals surface area contributed by atoms with E-state index in [1.54, 1.807) is 0 Å². The van der Waals surface area contributed by atoms with Crippen LogP contribution in [-0.2, 0) is 32.6 Å². The van der Waals surface area contributed by atoms with Crippen molar-refractivity contribution in [3.8, 4) is 0 Å². The van der Waals surface area contributed by atoms with Gasteiger partial charge in [-0.15, -0.1) is 11.3 Å². The lowest BCUT2D eigenvalue weighted by molar-refractivity contribution is 0.0337. The van der Waals surface area contributed by atoms with Crippen LogP contribution in [0.2, 0.25) is 0 Å². The van der Waals surface area contributed by atoms with Crippen molar-refractivity contribution in [1.82, 2.24) is 14.6 Å². The average Bonchev–Trinajstić information content (AvgIpc) is 2.92. The predicted octanol–water partition coefficient (Wildman–Crippen LogP) is 0.0411. The van der Waals surface area contributed by atoms with E-state index in [-0.39, 0.29) is 18.9 Å². The summed E-state index contributed by atoms with van der Waals surface area (Å²) in [6, 6.07) is 0. The highest BCUT2D eigenvalue weighted by molar-refractivity contribution is 7.89. The highest BCUT2D eigenvalue weighted by Gasteiger charge is 2.14. The van der Waals surface area contributed by atoms with Gasteiger partial charge in [0, 0.05) is 32.1 Å². The Kier molecular flexibility index (Phi) is 6.52. The maximum absolute atomic E-state index is 11.7. The van der Waals surface area contributed by atoms with E-state index in [1.165, 1.54) is 18.4 Å². The first-order chi connectivity index (χ1) is 10.1. The summed E-state index contributed by atoms with van der Waals surface area (Å²) in [5.74, 6) is -0.0322. The first-order valence-corrected chi connectivity index (χ1v) is 9.32. The van der Waals surface area contributed by atoms with Gasteiger partial charge in [0.2, 0.25) is 10.0 Å². The van der Waals surface area contributed by atoms with E-state index >= 15 is 0 Å².